The zero-order valence-electron chi connectivity index (χ0n) is 10.4. The lowest BCUT2D eigenvalue weighted by Gasteiger charge is -2.22. The van der Waals surface area contributed by atoms with Gasteiger partial charge in [-0.15, -0.1) is 0 Å². The Hall–Kier alpha value is -1.28. The van der Waals surface area contributed by atoms with Gasteiger partial charge in [0, 0.05) is 18.8 Å². The lowest BCUT2D eigenvalue weighted by atomic mass is 9.92. The number of aryl methyl sites for hydroxylation is 1. The Morgan fingerprint density at radius 1 is 1.35 bits per heavy atom. The first-order chi connectivity index (χ1) is 8.33. The third-order valence-corrected chi connectivity index (χ3v) is 3.87. The molecule has 0 bridgehead atoms. The highest BCUT2D eigenvalue weighted by atomic mass is 14.9. The highest BCUT2D eigenvalue weighted by Crippen LogP contribution is 2.21. The van der Waals surface area contributed by atoms with Crippen molar-refractivity contribution in [2.45, 2.75) is 19.3 Å². The number of benzene rings is 1. The normalized spacial score (nSPS) is 20.9. The third kappa shape index (κ3) is 2.22. The highest BCUT2D eigenvalue weighted by molar-refractivity contribution is 5.80. The van der Waals surface area contributed by atoms with Gasteiger partial charge < -0.3 is 9.88 Å². The number of fused-ring (bicyclic) bond motifs is 1. The Labute approximate surface area is 103 Å². The number of hydrogen-bond donors (Lipinski definition) is 1. The second-order valence-corrected chi connectivity index (χ2v) is 5.24. The summed E-state index contributed by atoms with van der Waals surface area (Å²) < 4.78 is 2.18. The topological polar surface area (TPSA) is 17.0 Å². The number of piperidine rings is 1. The van der Waals surface area contributed by atoms with E-state index in [1.807, 2.05) is 0 Å². The molecule has 1 saturated heterocycles. The van der Waals surface area contributed by atoms with Crippen LogP contribution in [0.4, 0.5) is 0 Å². The van der Waals surface area contributed by atoms with Crippen molar-refractivity contribution >= 4 is 10.9 Å². The molecule has 0 aliphatic carbocycles. The molecule has 1 aromatic heterocycles. The number of aromatic nitrogens is 1. The summed E-state index contributed by atoms with van der Waals surface area (Å²) in [5.74, 6) is 0.824. The van der Waals surface area contributed by atoms with Crippen molar-refractivity contribution in [3.8, 4) is 0 Å². The molecule has 0 saturated carbocycles. The van der Waals surface area contributed by atoms with Crippen molar-refractivity contribution in [3.05, 3.63) is 36.0 Å². The molecule has 90 valence electrons. The lowest BCUT2D eigenvalue weighted by molar-refractivity contribution is 0.376. The standard InChI is InChI=1S/C15H20N2/c1-17-8-6-14-10-12(4-5-15(14)17)9-13-3-2-7-16-11-13/h4-6,8,10,13,16H,2-3,7,9,11H2,1H3. The summed E-state index contributed by atoms with van der Waals surface area (Å²) in [6.45, 7) is 2.39. The second-order valence-electron chi connectivity index (χ2n) is 5.24. The number of nitrogens with one attached hydrogen (secondary N) is 1. The van der Waals surface area contributed by atoms with Crippen LogP contribution in [0.15, 0.2) is 30.5 Å². The number of hydrogen-bond acceptors (Lipinski definition) is 1. The van der Waals surface area contributed by atoms with Crippen LogP contribution >= 0.6 is 0 Å². The van der Waals surface area contributed by atoms with Crippen LogP contribution in [0.3, 0.4) is 0 Å². The minimum absolute atomic E-state index is 0.824. The molecule has 0 spiro atoms. The van der Waals surface area contributed by atoms with E-state index in [-0.39, 0.29) is 0 Å². The van der Waals surface area contributed by atoms with Crippen molar-refractivity contribution in [3.63, 3.8) is 0 Å². The first-order valence-electron chi connectivity index (χ1n) is 6.57. The molecular formula is C15H20N2. The van der Waals surface area contributed by atoms with E-state index in [0.29, 0.717) is 0 Å². The molecule has 17 heavy (non-hydrogen) atoms. The van der Waals surface area contributed by atoms with Crippen LogP contribution in [0.25, 0.3) is 10.9 Å². The fourth-order valence-corrected chi connectivity index (χ4v) is 2.89. The van der Waals surface area contributed by atoms with E-state index in [1.165, 1.54) is 48.8 Å². The van der Waals surface area contributed by atoms with Crippen LogP contribution < -0.4 is 5.32 Å². The predicted molar refractivity (Wildman–Crippen MR) is 72.2 cm³/mol. The summed E-state index contributed by atoms with van der Waals surface area (Å²) in [5, 5.41) is 4.86. The molecule has 2 heterocycles. The van der Waals surface area contributed by atoms with Crippen LogP contribution in [-0.2, 0) is 13.5 Å². The average molecular weight is 228 g/mol. The summed E-state index contributed by atoms with van der Waals surface area (Å²) in [6, 6.07) is 9.10. The van der Waals surface area contributed by atoms with Crippen LogP contribution in [0.2, 0.25) is 0 Å². The van der Waals surface area contributed by atoms with Crippen LogP contribution in [-0.4, -0.2) is 17.7 Å². The van der Waals surface area contributed by atoms with E-state index in [2.05, 4.69) is 47.4 Å². The molecule has 2 aromatic rings. The summed E-state index contributed by atoms with van der Waals surface area (Å²) in [4.78, 5) is 0. The maximum atomic E-state index is 3.49. The smallest absolute Gasteiger partial charge is 0.0477 e. The van der Waals surface area contributed by atoms with Gasteiger partial charge in [-0.2, -0.15) is 0 Å². The highest BCUT2D eigenvalue weighted by Gasteiger charge is 2.13. The zero-order chi connectivity index (χ0) is 11.7. The van der Waals surface area contributed by atoms with Gasteiger partial charge >= 0.3 is 0 Å². The van der Waals surface area contributed by atoms with Crippen molar-refractivity contribution in [2.24, 2.45) is 13.0 Å². The Morgan fingerprint density at radius 3 is 3.12 bits per heavy atom. The summed E-state index contributed by atoms with van der Waals surface area (Å²) in [5.41, 5.74) is 2.81. The van der Waals surface area contributed by atoms with Gasteiger partial charge in [0.05, 0.1) is 0 Å². The van der Waals surface area contributed by atoms with Gasteiger partial charge in [-0.25, -0.2) is 0 Å². The molecule has 1 aliphatic heterocycles. The first-order valence-corrected chi connectivity index (χ1v) is 6.57. The van der Waals surface area contributed by atoms with E-state index < -0.39 is 0 Å². The Kier molecular flexibility index (Phi) is 2.89. The van der Waals surface area contributed by atoms with Gasteiger partial charge in [-0.3, -0.25) is 0 Å². The molecule has 1 atom stereocenters. The van der Waals surface area contributed by atoms with E-state index >= 15 is 0 Å². The van der Waals surface area contributed by atoms with Gasteiger partial charge in [-0.05, 0) is 67.4 Å². The lowest BCUT2D eigenvalue weighted by Crippen LogP contribution is -2.30. The minimum Gasteiger partial charge on any atom is -0.351 e. The summed E-state index contributed by atoms with van der Waals surface area (Å²) >= 11 is 0. The molecule has 2 nitrogen and oxygen atoms in total. The Morgan fingerprint density at radius 2 is 2.29 bits per heavy atom. The molecule has 0 radical (unpaired) electrons. The maximum Gasteiger partial charge on any atom is 0.0477 e. The molecule has 1 fully saturated rings. The van der Waals surface area contributed by atoms with Gasteiger partial charge in [0.1, 0.15) is 0 Å². The van der Waals surface area contributed by atoms with Crippen molar-refractivity contribution in [1.82, 2.24) is 9.88 Å². The molecule has 1 aliphatic rings. The molecule has 0 amide bonds. The first kappa shape index (κ1) is 10.8. The molecule has 2 heteroatoms. The van der Waals surface area contributed by atoms with E-state index in [1.54, 1.807) is 0 Å². The van der Waals surface area contributed by atoms with Gasteiger partial charge in [-0.1, -0.05) is 6.07 Å². The average Bonchev–Trinajstić information content (AvgIpc) is 2.72. The van der Waals surface area contributed by atoms with Crippen LogP contribution in [0.5, 0.6) is 0 Å². The predicted octanol–water partition coefficient (Wildman–Crippen LogP) is 2.72. The fourth-order valence-electron chi connectivity index (χ4n) is 2.89. The molecule has 3 rings (SSSR count). The molecule has 1 aromatic carbocycles. The minimum atomic E-state index is 0.824. The van der Waals surface area contributed by atoms with Gasteiger partial charge in [0.15, 0.2) is 0 Å². The van der Waals surface area contributed by atoms with Crippen molar-refractivity contribution in [1.29, 1.82) is 0 Å². The van der Waals surface area contributed by atoms with Gasteiger partial charge in [0.2, 0.25) is 0 Å². The molecular weight excluding hydrogens is 208 g/mol. The number of nitrogens with zero attached hydrogens (tertiary/aromatic N) is 1. The van der Waals surface area contributed by atoms with Gasteiger partial charge in [0.25, 0.3) is 0 Å². The van der Waals surface area contributed by atoms with Crippen LogP contribution in [0.1, 0.15) is 18.4 Å². The quantitative estimate of drug-likeness (QED) is 0.836. The largest absolute Gasteiger partial charge is 0.351 e. The zero-order valence-corrected chi connectivity index (χ0v) is 10.4. The molecule has 1 N–H and O–H groups in total. The maximum absolute atomic E-state index is 3.49. The van der Waals surface area contributed by atoms with Crippen LogP contribution in [0, 0.1) is 5.92 Å². The summed E-state index contributed by atoms with van der Waals surface area (Å²) in [6.07, 6.45) is 6.06. The Balaban J connectivity index is 1.80. The fraction of sp³-hybridized carbons (Fsp3) is 0.467. The Bertz CT molecular complexity index is 507. The van der Waals surface area contributed by atoms with Crippen molar-refractivity contribution < 1.29 is 0 Å². The third-order valence-electron chi connectivity index (χ3n) is 3.87. The van der Waals surface area contributed by atoms with Crippen molar-refractivity contribution in [2.75, 3.05) is 13.1 Å². The second kappa shape index (κ2) is 4.53. The van der Waals surface area contributed by atoms with E-state index in [4.69, 9.17) is 0 Å². The summed E-state index contributed by atoms with van der Waals surface area (Å²) in [7, 11) is 2.10. The number of rotatable bonds is 2. The SMILES string of the molecule is Cn1ccc2cc(CC3CCCNC3)ccc21. The molecule has 1 unspecified atom stereocenters. The van der Waals surface area contributed by atoms with E-state index in [9.17, 15) is 0 Å². The monoisotopic (exact) mass is 228 g/mol. The van der Waals surface area contributed by atoms with E-state index in [0.717, 1.165) is 5.92 Å².